The first kappa shape index (κ1) is 18.9. The van der Waals surface area contributed by atoms with Gasteiger partial charge in [-0.25, -0.2) is 4.79 Å². The second-order valence-electron chi connectivity index (χ2n) is 5.03. The van der Waals surface area contributed by atoms with Crippen molar-refractivity contribution in [3.63, 3.8) is 0 Å². The van der Waals surface area contributed by atoms with Crippen molar-refractivity contribution in [2.75, 3.05) is 26.6 Å². The van der Waals surface area contributed by atoms with E-state index < -0.39 is 18.0 Å². The van der Waals surface area contributed by atoms with Gasteiger partial charge in [0.15, 0.2) is 11.5 Å². The number of carbonyl (C=O) groups is 2. The summed E-state index contributed by atoms with van der Waals surface area (Å²) in [7, 11) is 4.20. The SMILES string of the molecule is COC(=O)N[C@@H](C(=O)Nc1cc(OC)c(OC)cc1Cl)C(C)C. The molecule has 0 bridgehead atoms. The highest BCUT2D eigenvalue weighted by atomic mass is 35.5. The van der Waals surface area contributed by atoms with Crippen LogP contribution in [-0.4, -0.2) is 39.4 Å². The van der Waals surface area contributed by atoms with E-state index in [0.717, 1.165) is 0 Å². The van der Waals surface area contributed by atoms with Gasteiger partial charge < -0.3 is 24.8 Å². The van der Waals surface area contributed by atoms with Gasteiger partial charge in [0.1, 0.15) is 6.04 Å². The molecule has 0 unspecified atom stereocenters. The molecule has 8 heteroatoms. The molecule has 0 aliphatic rings. The molecule has 7 nitrogen and oxygen atoms in total. The second-order valence-corrected chi connectivity index (χ2v) is 5.44. The molecule has 0 heterocycles. The number of halogens is 1. The molecule has 0 aliphatic heterocycles. The molecule has 0 fully saturated rings. The summed E-state index contributed by atoms with van der Waals surface area (Å²) >= 11 is 6.14. The van der Waals surface area contributed by atoms with Crippen molar-refractivity contribution >= 4 is 29.3 Å². The van der Waals surface area contributed by atoms with Crippen LogP contribution in [0, 0.1) is 5.92 Å². The number of methoxy groups -OCH3 is 3. The molecule has 1 aromatic rings. The number of alkyl carbamates (subject to hydrolysis) is 1. The molecule has 1 aromatic carbocycles. The van der Waals surface area contributed by atoms with Gasteiger partial charge in [-0.15, -0.1) is 0 Å². The summed E-state index contributed by atoms with van der Waals surface area (Å²) < 4.78 is 14.8. The summed E-state index contributed by atoms with van der Waals surface area (Å²) in [5.74, 6) is 0.311. The van der Waals surface area contributed by atoms with E-state index in [1.165, 1.54) is 27.4 Å². The minimum atomic E-state index is -0.772. The third-order valence-electron chi connectivity index (χ3n) is 3.14. The van der Waals surface area contributed by atoms with E-state index in [0.29, 0.717) is 17.2 Å². The van der Waals surface area contributed by atoms with Crippen molar-refractivity contribution in [1.82, 2.24) is 5.32 Å². The minimum Gasteiger partial charge on any atom is -0.493 e. The van der Waals surface area contributed by atoms with Gasteiger partial charge in [0.05, 0.1) is 32.0 Å². The first-order chi connectivity index (χ1) is 10.8. The molecule has 2 N–H and O–H groups in total. The standard InChI is InChI=1S/C15H21ClN2O5/c1-8(2)13(18-15(20)23-5)14(19)17-10-7-12(22-4)11(21-3)6-9(10)16/h6-8,13H,1-5H3,(H,17,19)(H,18,20)/t13-/m1/s1. The van der Waals surface area contributed by atoms with Crippen LogP contribution < -0.4 is 20.1 Å². The fraction of sp³-hybridized carbons (Fsp3) is 0.467. The molecule has 2 amide bonds. The van der Waals surface area contributed by atoms with E-state index in [1.807, 2.05) is 0 Å². The van der Waals surface area contributed by atoms with Gasteiger partial charge in [0, 0.05) is 12.1 Å². The Labute approximate surface area is 140 Å². The lowest BCUT2D eigenvalue weighted by atomic mass is 10.0. The van der Waals surface area contributed by atoms with E-state index in [4.69, 9.17) is 21.1 Å². The lowest BCUT2D eigenvalue weighted by Gasteiger charge is -2.21. The zero-order valence-corrected chi connectivity index (χ0v) is 14.5. The zero-order chi connectivity index (χ0) is 17.6. The normalized spacial score (nSPS) is 11.6. The fourth-order valence-electron chi connectivity index (χ4n) is 1.88. The molecule has 0 saturated carbocycles. The van der Waals surface area contributed by atoms with Crippen molar-refractivity contribution in [2.45, 2.75) is 19.9 Å². The topological polar surface area (TPSA) is 85.9 Å². The van der Waals surface area contributed by atoms with Gasteiger partial charge in [0.2, 0.25) is 5.91 Å². The molecule has 1 rings (SSSR count). The average molecular weight is 345 g/mol. The zero-order valence-electron chi connectivity index (χ0n) is 13.7. The van der Waals surface area contributed by atoms with Crippen LogP contribution in [0.3, 0.4) is 0 Å². The molecule has 1 atom stereocenters. The Morgan fingerprint density at radius 2 is 1.65 bits per heavy atom. The maximum atomic E-state index is 12.4. The van der Waals surface area contributed by atoms with Crippen LogP contribution in [0.1, 0.15) is 13.8 Å². The molecule has 23 heavy (non-hydrogen) atoms. The first-order valence-corrected chi connectivity index (χ1v) is 7.28. The number of hydrogen-bond acceptors (Lipinski definition) is 5. The molecule has 128 valence electrons. The Bertz CT molecular complexity index is 577. The lowest BCUT2D eigenvalue weighted by molar-refractivity contribution is -0.119. The van der Waals surface area contributed by atoms with Crippen LogP contribution >= 0.6 is 11.6 Å². The molecular formula is C15H21ClN2O5. The summed E-state index contributed by atoms with van der Waals surface area (Å²) in [5, 5.41) is 5.44. The van der Waals surface area contributed by atoms with Gasteiger partial charge >= 0.3 is 6.09 Å². The van der Waals surface area contributed by atoms with Crippen LogP contribution in [-0.2, 0) is 9.53 Å². The third-order valence-corrected chi connectivity index (χ3v) is 3.45. The highest BCUT2D eigenvalue weighted by Gasteiger charge is 2.25. The summed E-state index contributed by atoms with van der Waals surface area (Å²) in [6, 6.07) is 2.31. The predicted molar refractivity (Wildman–Crippen MR) is 87.4 cm³/mol. The summed E-state index contributed by atoms with van der Waals surface area (Å²) in [4.78, 5) is 23.8. The Morgan fingerprint density at radius 1 is 1.09 bits per heavy atom. The van der Waals surface area contributed by atoms with Crippen LogP contribution in [0.15, 0.2) is 12.1 Å². The van der Waals surface area contributed by atoms with Crippen molar-refractivity contribution in [3.05, 3.63) is 17.2 Å². The lowest BCUT2D eigenvalue weighted by Crippen LogP contribution is -2.47. The van der Waals surface area contributed by atoms with Crippen molar-refractivity contribution < 1.29 is 23.8 Å². The second kappa shape index (κ2) is 8.47. The maximum Gasteiger partial charge on any atom is 0.407 e. The Kier molecular flexibility index (Phi) is 6.96. The number of hydrogen-bond donors (Lipinski definition) is 2. The Morgan fingerprint density at radius 3 is 2.13 bits per heavy atom. The Balaban J connectivity index is 3.00. The van der Waals surface area contributed by atoms with E-state index in [-0.39, 0.29) is 10.9 Å². The molecule has 0 aromatic heterocycles. The van der Waals surface area contributed by atoms with Gasteiger partial charge in [-0.05, 0) is 5.92 Å². The van der Waals surface area contributed by atoms with Gasteiger partial charge in [0.25, 0.3) is 0 Å². The highest BCUT2D eigenvalue weighted by Crippen LogP contribution is 2.36. The van der Waals surface area contributed by atoms with Crippen LogP contribution in [0.5, 0.6) is 11.5 Å². The maximum absolute atomic E-state index is 12.4. The van der Waals surface area contributed by atoms with Gasteiger partial charge in [-0.2, -0.15) is 0 Å². The molecular weight excluding hydrogens is 324 g/mol. The number of rotatable bonds is 6. The summed E-state index contributed by atoms with van der Waals surface area (Å²) in [5.41, 5.74) is 0.353. The van der Waals surface area contributed by atoms with Crippen LogP contribution in [0.4, 0.5) is 10.5 Å². The number of nitrogens with one attached hydrogen (secondary N) is 2. The fourth-order valence-corrected chi connectivity index (χ4v) is 2.08. The molecule has 0 saturated heterocycles. The molecule has 0 radical (unpaired) electrons. The van der Waals surface area contributed by atoms with Crippen molar-refractivity contribution in [2.24, 2.45) is 5.92 Å². The molecule has 0 spiro atoms. The number of anilines is 1. The summed E-state index contributed by atoms with van der Waals surface area (Å²) in [6.45, 7) is 3.60. The van der Waals surface area contributed by atoms with Crippen LogP contribution in [0.25, 0.3) is 0 Å². The Hall–Kier alpha value is -2.15. The van der Waals surface area contributed by atoms with E-state index in [1.54, 1.807) is 19.9 Å². The first-order valence-electron chi connectivity index (χ1n) is 6.90. The average Bonchev–Trinajstić information content (AvgIpc) is 2.53. The van der Waals surface area contributed by atoms with Crippen molar-refractivity contribution in [3.8, 4) is 11.5 Å². The number of benzene rings is 1. The van der Waals surface area contributed by atoms with Gasteiger partial charge in [-0.3, -0.25) is 4.79 Å². The monoisotopic (exact) mass is 344 g/mol. The third kappa shape index (κ3) is 4.92. The highest BCUT2D eigenvalue weighted by molar-refractivity contribution is 6.34. The number of ether oxygens (including phenoxy) is 3. The smallest absolute Gasteiger partial charge is 0.407 e. The predicted octanol–water partition coefficient (Wildman–Crippen LogP) is 2.68. The minimum absolute atomic E-state index is 0.145. The van der Waals surface area contributed by atoms with Crippen LogP contribution in [0.2, 0.25) is 5.02 Å². The van der Waals surface area contributed by atoms with E-state index in [9.17, 15) is 9.59 Å². The molecule has 0 aliphatic carbocycles. The quantitative estimate of drug-likeness (QED) is 0.828. The number of carbonyl (C=O) groups excluding carboxylic acids is 2. The van der Waals surface area contributed by atoms with Gasteiger partial charge in [-0.1, -0.05) is 25.4 Å². The largest absolute Gasteiger partial charge is 0.493 e. The van der Waals surface area contributed by atoms with E-state index in [2.05, 4.69) is 15.4 Å². The van der Waals surface area contributed by atoms with E-state index >= 15 is 0 Å². The number of amides is 2. The summed E-state index contributed by atoms with van der Waals surface area (Å²) in [6.07, 6.45) is -0.683. The van der Waals surface area contributed by atoms with Crippen molar-refractivity contribution in [1.29, 1.82) is 0 Å².